The van der Waals surface area contributed by atoms with Gasteiger partial charge < -0.3 is 19.6 Å². The highest BCUT2D eigenvalue weighted by Crippen LogP contribution is 2.32. The first-order valence-electron chi connectivity index (χ1n) is 11.5. The lowest BCUT2D eigenvalue weighted by Crippen LogP contribution is -2.24. The van der Waals surface area contributed by atoms with E-state index in [4.69, 9.17) is 9.26 Å². The molecule has 0 aliphatic heterocycles. The summed E-state index contributed by atoms with van der Waals surface area (Å²) in [5.41, 5.74) is 3.10. The van der Waals surface area contributed by atoms with Crippen LogP contribution in [0, 0.1) is 5.82 Å². The molecule has 37 heavy (non-hydrogen) atoms. The molecule has 0 atom stereocenters. The molecule has 0 bridgehead atoms. The van der Waals surface area contributed by atoms with Gasteiger partial charge in [0.1, 0.15) is 11.6 Å². The number of carbonyl (C=O) groups excluding carboxylic acids is 1. The first-order valence-corrected chi connectivity index (χ1v) is 11.5. The highest BCUT2D eigenvalue weighted by atomic mass is 19.1. The molecule has 1 amide bonds. The second-order valence-electron chi connectivity index (χ2n) is 9.36. The predicted molar refractivity (Wildman–Crippen MR) is 133 cm³/mol. The third-order valence-electron chi connectivity index (χ3n) is 5.71. The third kappa shape index (κ3) is 4.75. The summed E-state index contributed by atoms with van der Waals surface area (Å²) in [6.45, 7) is 5.69. The molecule has 2 N–H and O–H groups in total. The van der Waals surface area contributed by atoms with Gasteiger partial charge in [-0.3, -0.25) is 4.79 Å². The van der Waals surface area contributed by atoms with E-state index >= 15 is 4.39 Å². The van der Waals surface area contributed by atoms with Gasteiger partial charge >= 0.3 is 11.8 Å². The summed E-state index contributed by atoms with van der Waals surface area (Å²) >= 11 is 0. The highest BCUT2D eigenvalue weighted by molar-refractivity contribution is 5.92. The maximum absolute atomic E-state index is 15.0. The van der Waals surface area contributed by atoms with Gasteiger partial charge in [0.25, 0.3) is 0 Å². The van der Waals surface area contributed by atoms with Gasteiger partial charge in [-0.25, -0.2) is 19.3 Å². The summed E-state index contributed by atoms with van der Waals surface area (Å²) in [7, 11) is 1.54. The minimum atomic E-state index is -0.571. The fourth-order valence-electron chi connectivity index (χ4n) is 3.74. The smallest absolute Gasteiger partial charge is 0.315 e. The first kappa shape index (κ1) is 24.0. The molecule has 11 heteroatoms. The minimum absolute atomic E-state index is 0.0427. The molecular formula is C26H24FN7O3. The fourth-order valence-corrected chi connectivity index (χ4v) is 3.74. The largest absolute Gasteiger partial charge is 0.480 e. The standard InChI is InChI=1S/C26H24FN7O3/c1-26(2,3)25-33-24(37-34-25)22(35)30-13-15-8-7-14(12-18(15)27)16-9-11-28-21-19(16)31-20(32-21)17-6-5-10-29-23(17)36-4/h5-12H,13H2,1-4H3,(H,30,35)(H,28,31,32). The molecule has 188 valence electrons. The number of amides is 1. The Hall–Kier alpha value is -4.67. The van der Waals surface area contributed by atoms with Crippen LogP contribution in [0.4, 0.5) is 4.39 Å². The van der Waals surface area contributed by atoms with E-state index in [1.807, 2.05) is 26.8 Å². The number of ether oxygens (including phenoxy) is 1. The highest BCUT2D eigenvalue weighted by Gasteiger charge is 2.24. The topological polar surface area (TPSA) is 132 Å². The number of carbonyl (C=O) groups is 1. The number of pyridine rings is 2. The van der Waals surface area contributed by atoms with Crippen LogP contribution >= 0.6 is 0 Å². The molecule has 0 fully saturated rings. The molecule has 5 rings (SSSR count). The Morgan fingerprint density at radius 2 is 1.95 bits per heavy atom. The van der Waals surface area contributed by atoms with Gasteiger partial charge in [-0.2, -0.15) is 4.98 Å². The minimum Gasteiger partial charge on any atom is -0.480 e. The Morgan fingerprint density at radius 1 is 1.11 bits per heavy atom. The van der Waals surface area contributed by atoms with E-state index < -0.39 is 11.7 Å². The van der Waals surface area contributed by atoms with Crippen molar-refractivity contribution < 1.29 is 18.4 Å². The average Bonchev–Trinajstić information content (AvgIpc) is 3.55. The second-order valence-corrected chi connectivity index (χ2v) is 9.36. The average molecular weight is 502 g/mol. The van der Waals surface area contributed by atoms with Crippen molar-refractivity contribution in [3.8, 4) is 28.4 Å². The van der Waals surface area contributed by atoms with Gasteiger partial charge in [0.15, 0.2) is 11.5 Å². The van der Waals surface area contributed by atoms with E-state index in [1.54, 1.807) is 36.7 Å². The maximum Gasteiger partial charge on any atom is 0.315 e. The van der Waals surface area contributed by atoms with Gasteiger partial charge in [-0.15, -0.1) is 0 Å². The number of aromatic nitrogens is 6. The zero-order valence-electron chi connectivity index (χ0n) is 20.7. The van der Waals surface area contributed by atoms with Crippen molar-refractivity contribution in [3.05, 3.63) is 71.9 Å². The number of aromatic amines is 1. The molecule has 0 radical (unpaired) electrons. The van der Waals surface area contributed by atoms with Crippen LogP contribution in [-0.4, -0.2) is 43.1 Å². The van der Waals surface area contributed by atoms with Crippen LogP contribution in [0.2, 0.25) is 0 Å². The Bertz CT molecular complexity index is 1600. The Morgan fingerprint density at radius 3 is 2.68 bits per heavy atom. The molecule has 1 aromatic carbocycles. The summed E-state index contributed by atoms with van der Waals surface area (Å²) in [4.78, 5) is 32.9. The number of hydrogen-bond acceptors (Lipinski definition) is 8. The van der Waals surface area contributed by atoms with Crippen molar-refractivity contribution >= 4 is 17.1 Å². The number of H-pyrrole nitrogens is 1. The van der Waals surface area contributed by atoms with Crippen LogP contribution < -0.4 is 10.1 Å². The number of benzene rings is 1. The molecular weight excluding hydrogens is 477 g/mol. The van der Waals surface area contributed by atoms with Crippen molar-refractivity contribution in [2.45, 2.75) is 32.7 Å². The van der Waals surface area contributed by atoms with Crippen molar-refractivity contribution in [3.63, 3.8) is 0 Å². The van der Waals surface area contributed by atoms with E-state index in [1.165, 1.54) is 13.2 Å². The van der Waals surface area contributed by atoms with Crippen LogP contribution in [0.3, 0.4) is 0 Å². The number of nitrogens with one attached hydrogen (secondary N) is 2. The quantitative estimate of drug-likeness (QED) is 0.349. The number of rotatable bonds is 6. The SMILES string of the molecule is COc1ncccc1-c1nc2nccc(-c3ccc(CNC(=O)c4nc(C(C)(C)C)no4)c(F)c3)c2[nH]1. The predicted octanol–water partition coefficient (Wildman–Crippen LogP) is 4.45. The molecule has 10 nitrogen and oxygen atoms in total. The van der Waals surface area contributed by atoms with Crippen LogP contribution in [-0.2, 0) is 12.0 Å². The molecule has 0 spiro atoms. The molecule has 4 aromatic heterocycles. The van der Waals surface area contributed by atoms with Crippen LogP contribution in [0.5, 0.6) is 5.88 Å². The normalized spacial score (nSPS) is 11.6. The number of halogens is 1. The Balaban J connectivity index is 1.38. The second kappa shape index (κ2) is 9.41. The van der Waals surface area contributed by atoms with E-state index in [9.17, 15) is 4.79 Å². The summed E-state index contributed by atoms with van der Waals surface area (Å²) in [5.74, 6) is 0.170. The van der Waals surface area contributed by atoms with Crippen LogP contribution in [0.15, 0.2) is 53.3 Å². The van der Waals surface area contributed by atoms with E-state index in [-0.39, 0.29) is 17.9 Å². The lowest BCUT2D eigenvalue weighted by Gasteiger charge is -2.10. The van der Waals surface area contributed by atoms with Gasteiger partial charge in [0.2, 0.25) is 5.88 Å². The lowest BCUT2D eigenvalue weighted by atomic mass is 9.96. The summed E-state index contributed by atoms with van der Waals surface area (Å²) in [6.07, 6.45) is 3.25. The lowest BCUT2D eigenvalue weighted by molar-refractivity contribution is 0.0906. The van der Waals surface area contributed by atoms with Crippen molar-refractivity contribution in [2.24, 2.45) is 0 Å². The zero-order valence-corrected chi connectivity index (χ0v) is 20.7. The van der Waals surface area contributed by atoms with E-state index in [0.717, 1.165) is 5.56 Å². The molecule has 0 aliphatic rings. The number of hydrogen-bond donors (Lipinski definition) is 2. The van der Waals surface area contributed by atoms with Crippen LogP contribution in [0.25, 0.3) is 33.7 Å². The van der Waals surface area contributed by atoms with Gasteiger partial charge in [-0.05, 0) is 29.8 Å². The van der Waals surface area contributed by atoms with E-state index in [2.05, 4.69) is 35.4 Å². The zero-order chi connectivity index (χ0) is 26.2. The van der Waals surface area contributed by atoms with Crippen molar-refractivity contribution in [2.75, 3.05) is 7.11 Å². The van der Waals surface area contributed by atoms with Gasteiger partial charge in [-0.1, -0.05) is 38.1 Å². The summed E-state index contributed by atoms with van der Waals surface area (Å²) in [6, 6.07) is 10.2. The number of methoxy groups -OCH3 is 1. The van der Waals surface area contributed by atoms with Gasteiger partial charge in [0, 0.05) is 35.5 Å². The van der Waals surface area contributed by atoms with Crippen molar-refractivity contribution in [1.29, 1.82) is 0 Å². The monoisotopic (exact) mass is 501 g/mol. The molecule has 0 saturated heterocycles. The molecule has 0 unspecified atom stereocenters. The number of fused-ring (bicyclic) bond motifs is 1. The summed E-state index contributed by atoms with van der Waals surface area (Å²) in [5, 5.41) is 6.46. The van der Waals surface area contributed by atoms with Crippen LogP contribution in [0.1, 0.15) is 42.8 Å². The van der Waals surface area contributed by atoms with Crippen molar-refractivity contribution in [1.82, 2.24) is 35.4 Å². The molecule has 0 saturated carbocycles. The van der Waals surface area contributed by atoms with E-state index in [0.29, 0.717) is 45.4 Å². The fraction of sp³-hybridized carbons (Fsp3) is 0.231. The third-order valence-corrected chi connectivity index (χ3v) is 5.71. The van der Waals surface area contributed by atoms with Gasteiger partial charge in [0.05, 0.1) is 18.2 Å². The first-order chi connectivity index (χ1) is 17.7. The summed E-state index contributed by atoms with van der Waals surface area (Å²) < 4.78 is 25.4. The Labute approximate surface area is 211 Å². The maximum atomic E-state index is 15.0. The Kier molecular flexibility index (Phi) is 6.12. The molecule has 0 aliphatic carbocycles. The number of imidazole rings is 1. The number of nitrogens with zero attached hydrogens (tertiary/aromatic N) is 5. The molecule has 5 aromatic rings. The molecule has 4 heterocycles.